The van der Waals surface area contributed by atoms with Gasteiger partial charge in [-0.3, -0.25) is 9.59 Å². The third kappa shape index (κ3) is 4.06. The van der Waals surface area contributed by atoms with Crippen LogP contribution in [0.3, 0.4) is 0 Å². The number of carbonyl (C=O) groups is 2. The maximum absolute atomic E-state index is 13.4. The number of rotatable bonds is 6. The van der Waals surface area contributed by atoms with Gasteiger partial charge in [-0.1, -0.05) is 36.4 Å². The standard InChI is InChI=1S/C29H27NO6/c1-17-13-21-14-20(10-11-22(21)36-17)27(31)25-26(19-9-12-23(34-2)24(15-19)35-3)30(29(33)28(25)32)16-18-7-5-4-6-8-18/h4-12,14-15,17,26,31H,13,16H2,1-3H3/t17-,26+/m1/s1. The predicted octanol–water partition coefficient (Wildman–Crippen LogP) is 4.65. The van der Waals surface area contributed by atoms with Crippen LogP contribution in [0.15, 0.2) is 72.3 Å². The Labute approximate surface area is 209 Å². The summed E-state index contributed by atoms with van der Waals surface area (Å²) in [6, 6.07) is 19.2. The normalized spacial score (nSPS) is 20.2. The van der Waals surface area contributed by atoms with Crippen molar-refractivity contribution in [2.24, 2.45) is 0 Å². The largest absolute Gasteiger partial charge is 0.507 e. The van der Waals surface area contributed by atoms with Crippen molar-refractivity contribution >= 4 is 17.4 Å². The van der Waals surface area contributed by atoms with Crippen LogP contribution >= 0.6 is 0 Å². The molecular formula is C29H27NO6. The quantitative estimate of drug-likeness (QED) is 0.311. The molecule has 3 aromatic rings. The Morgan fingerprint density at radius 1 is 1.00 bits per heavy atom. The zero-order valence-corrected chi connectivity index (χ0v) is 20.4. The van der Waals surface area contributed by atoms with Crippen molar-refractivity contribution in [1.29, 1.82) is 0 Å². The lowest BCUT2D eigenvalue weighted by atomic mass is 9.94. The van der Waals surface area contributed by atoms with Crippen molar-refractivity contribution in [3.8, 4) is 17.2 Å². The van der Waals surface area contributed by atoms with Gasteiger partial charge in [0.1, 0.15) is 17.6 Å². The van der Waals surface area contributed by atoms with Crippen molar-refractivity contribution in [2.75, 3.05) is 14.2 Å². The van der Waals surface area contributed by atoms with E-state index < -0.39 is 17.7 Å². The predicted molar refractivity (Wildman–Crippen MR) is 134 cm³/mol. The number of methoxy groups -OCH3 is 2. The first-order valence-corrected chi connectivity index (χ1v) is 11.8. The van der Waals surface area contributed by atoms with E-state index in [1.54, 1.807) is 30.3 Å². The molecule has 0 spiro atoms. The van der Waals surface area contributed by atoms with Gasteiger partial charge >= 0.3 is 0 Å². The third-order valence-electron chi connectivity index (χ3n) is 6.63. The van der Waals surface area contributed by atoms with Gasteiger partial charge in [0, 0.05) is 18.5 Å². The first kappa shape index (κ1) is 23.5. The highest BCUT2D eigenvalue weighted by atomic mass is 16.5. The minimum Gasteiger partial charge on any atom is -0.507 e. The van der Waals surface area contributed by atoms with Crippen molar-refractivity contribution in [3.63, 3.8) is 0 Å². The van der Waals surface area contributed by atoms with Gasteiger partial charge < -0.3 is 24.2 Å². The highest BCUT2D eigenvalue weighted by molar-refractivity contribution is 6.46. The molecule has 0 aromatic heterocycles. The summed E-state index contributed by atoms with van der Waals surface area (Å²) in [4.78, 5) is 28.2. The number of benzene rings is 3. The lowest BCUT2D eigenvalue weighted by molar-refractivity contribution is -0.140. The second-order valence-electron chi connectivity index (χ2n) is 8.98. The van der Waals surface area contributed by atoms with E-state index in [0.29, 0.717) is 29.0 Å². The van der Waals surface area contributed by atoms with Crippen LogP contribution in [0.1, 0.15) is 35.2 Å². The van der Waals surface area contributed by atoms with Gasteiger partial charge in [-0.15, -0.1) is 0 Å². The molecule has 1 saturated heterocycles. The number of ether oxygens (including phenoxy) is 3. The molecule has 2 atom stereocenters. The Kier molecular flexibility index (Phi) is 6.14. The zero-order valence-electron chi connectivity index (χ0n) is 20.4. The number of aliphatic hydroxyl groups is 1. The summed E-state index contributed by atoms with van der Waals surface area (Å²) in [5.74, 6) is 0.135. The van der Waals surface area contributed by atoms with Gasteiger partial charge in [-0.05, 0) is 53.9 Å². The number of hydrogen-bond donors (Lipinski definition) is 1. The Balaban J connectivity index is 1.65. The average Bonchev–Trinajstić information content (AvgIpc) is 3.39. The van der Waals surface area contributed by atoms with Crippen molar-refractivity contribution in [1.82, 2.24) is 4.90 Å². The van der Waals surface area contributed by atoms with Gasteiger partial charge in [0.2, 0.25) is 0 Å². The van der Waals surface area contributed by atoms with E-state index >= 15 is 0 Å². The van der Waals surface area contributed by atoms with E-state index in [1.807, 2.05) is 43.3 Å². The van der Waals surface area contributed by atoms with Crippen molar-refractivity contribution in [2.45, 2.75) is 32.0 Å². The maximum Gasteiger partial charge on any atom is 0.295 e. The van der Waals surface area contributed by atoms with Crippen LogP contribution < -0.4 is 14.2 Å². The molecule has 1 N–H and O–H groups in total. The fourth-order valence-electron chi connectivity index (χ4n) is 4.92. The van der Waals surface area contributed by atoms with Gasteiger partial charge in [0.25, 0.3) is 11.7 Å². The van der Waals surface area contributed by atoms with E-state index in [9.17, 15) is 14.7 Å². The Hall–Kier alpha value is -4.26. The van der Waals surface area contributed by atoms with Crippen molar-refractivity contribution in [3.05, 3.63) is 94.6 Å². The summed E-state index contributed by atoms with van der Waals surface area (Å²) in [5.41, 5.74) is 2.95. The summed E-state index contributed by atoms with van der Waals surface area (Å²) >= 11 is 0. The highest BCUT2D eigenvalue weighted by Gasteiger charge is 2.46. The Bertz CT molecular complexity index is 1360. The Morgan fingerprint density at radius 3 is 2.47 bits per heavy atom. The molecule has 1 amide bonds. The minimum absolute atomic E-state index is 0.0371. The molecule has 2 heterocycles. The molecule has 7 heteroatoms. The molecule has 1 fully saturated rings. The van der Waals surface area contributed by atoms with Crippen LogP contribution in [-0.2, 0) is 22.6 Å². The first-order chi connectivity index (χ1) is 17.4. The molecule has 2 aliphatic heterocycles. The Morgan fingerprint density at radius 2 is 1.75 bits per heavy atom. The van der Waals surface area contributed by atoms with Crippen molar-refractivity contribution < 1.29 is 28.9 Å². The summed E-state index contributed by atoms with van der Waals surface area (Å²) < 4.78 is 16.6. The fourth-order valence-corrected chi connectivity index (χ4v) is 4.92. The smallest absolute Gasteiger partial charge is 0.295 e. The monoisotopic (exact) mass is 485 g/mol. The third-order valence-corrected chi connectivity index (χ3v) is 6.63. The molecule has 3 aromatic carbocycles. The van der Waals surface area contributed by atoms with E-state index in [-0.39, 0.29) is 24.0 Å². The van der Waals surface area contributed by atoms with Gasteiger partial charge in [0.15, 0.2) is 11.5 Å². The molecule has 0 unspecified atom stereocenters. The lowest BCUT2D eigenvalue weighted by Gasteiger charge is -2.26. The van der Waals surface area contributed by atoms with E-state index in [0.717, 1.165) is 16.9 Å². The summed E-state index contributed by atoms with van der Waals surface area (Å²) in [6.45, 7) is 2.18. The summed E-state index contributed by atoms with van der Waals surface area (Å²) in [7, 11) is 3.06. The second kappa shape index (κ2) is 9.41. The number of nitrogens with zero attached hydrogens (tertiary/aromatic N) is 1. The molecule has 0 bridgehead atoms. The van der Waals surface area contributed by atoms with Crippen LogP contribution in [0.25, 0.3) is 5.76 Å². The number of carbonyl (C=O) groups excluding carboxylic acids is 2. The molecule has 36 heavy (non-hydrogen) atoms. The molecule has 7 nitrogen and oxygen atoms in total. The maximum atomic E-state index is 13.4. The number of fused-ring (bicyclic) bond motifs is 1. The fraction of sp³-hybridized carbons (Fsp3) is 0.241. The van der Waals surface area contributed by atoms with E-state index in [2.05, 4.69) is 0 Å². The number of likely N-dealkylation sites (tertiary alicyclic amines) is 1. The SMILES string of the molecule is COc1ccc([C@H]2C(=C(O)c3ccc4c(c3)C[C@@H](C)O4)C(=O)C(=O)N2Cc2ccccc2)cc1OC. The number of amides is 1. The number of ketones is 1. The second-order valence-corrected chi connectivity index (χ2v) is 8.98. The first-order valence-electron chi connectivity index (χ1n) is 11.8. The van der Waals surface area contributed by atoms with Gasteiger partial charge in [0.05, 0.1) is 25.8 Å². The van der Waals surface area contributed by atoms with Gasteiger partial charge in [-0.25, -0.2) is 0 Å². The van der Waals surface area contributed by atoms with Crippen LogP contribution in [0.5, 0.6) is 17.2 Å². The molecular weight excluding hydrogens is 458 g/mol. The topological polar surface area (TPSA) is 85.3 Å². The minimum atomic E-state index is -0.812. The molecule has 5 rings (SSSR count). The van der Waals surface area contributed by atoms with Crippen LogP contribution in [0.2, 0.25) is 0 Å². The van der Waals surface area contributed by atoms with Gasteiger partial charge in [-0.2, -0.15) is 0 Å². The highest BCUT2D eigenvalue weighted by Crippen LogP contribution is 2.43. The molecule has 2 aliphatic rings. The summed E-state index contributed by atoms with van der Waals surface area (Å²) in [6.07, 6.45) is 0.748. The van der Waals surface area contributed by atoms with E-state index in [4.69, 9.17) is 14.2 Å². The van der Waals surface area contributed by atoms with Crippen LogP contribution in [0, 0.1) is 0 Å². The zero-order chi connectivity index (χ0) is 25.4. The average molecular weight is 486 g/mol. The lowest BCUT2D eigenvalue weighted by Crippen LogP contribution is -2.29. The van der Waals surface area contributed by atoms with Crippen LogP contribution in [-0.4, -0.2) is 42.0 Å². The molecule has 184 valence electrons. The summed E-state index contributed by atoms with van der Waals surface area (Å²) in [5, 5.41) is 11.4. The molecule has 0 saturated carbocycles. The van der Waals surface area contributed by atoms with Crippen LogP contribution in [0.4, 0.5) is 0 Å². The number of hydrogen-bond acceptors (Lipinski definition) is 6. The van der Waals surface area contributed by atoms with E-state index in [1.165, 1.54) is 19.1 Å². The molecule has 0 radical (unpaired) electrons. The number of Topliss-reactive ketones (excluding diaryl/α,β-unsaturated/α-hetero) is 1. The number of aliphatic hydroxyl groups excluding tert-OH is 1. The molecule has 0 aliphatic carbocycles.